The number of hydrogen-bond donors (Lipinski definition) is 0. The van der Waals surface area contributed by atoms with E-state index in [9.17, 15) is 13.2 Å². The summed E-state index contributed by atoms with van der Waals surface area (Å²) in [4.78, 5) is 13.4. The highest BCUT2D eigenvalue weighted by Crippen LogP contribution is 2.31. The molecule has 1 aromatic carbocycles. The molecule has 0 aliphatic rings. The Hall–Kier alpha value is -0.340. The first-order valence-electron chi connectivity index (χ1n) is 5.36. The van der Waals surface area contributed by atoms with E-state index in [2.05, 4.69) is 15.9 Å². The molecule has 0 fully saturated rings. The molecular weight excluding hydrogens is 393 g/mol. The maximum absolute atomic E-state index is 12.2. The normalized spacial score (nSPS) is 11.4. The largest absolute Gasteiger partial charge is 0.383 e. The van der Waals surface area contributed by atoms with Gasteiger partial charge in [-0.25, -0.2) is 8.42 Å². The molecule has 1 amide bonds. The molecule has 1 rings (SSSR count). The van der Waals surface area contributed by atoms with Gasteiger partial charge in [0, 0.05) is 35.9 Å². The first-order chi connectivity index (χ1) is 9.18. The number of methoxy groups -OCH3 is 1. The highest BCUT2D eigenvalue weighted by atomic mass is 79.9. The van der Waals surface area contributed by atoms with Crippen LogP contribution < -0.4 is 0 Å². The summed E-state index contributed by atoms with van der Waals surface area (Å²) in [6.07, 6.45) is 0. The van der Waals surface area contributed by atoms with E-state index in [1.807, 2.05) is 0 Å². The van der Waals surface area contributed by atoms with Crippen LogP contribution in [0.25, 0.3) is 0 Å². The summed E-state index contributed by atoms with van der Waals surface area (Å²) in [5.41, 5.74) is 0.0545. The van der Waals surface area contributed by atoms with E-state index in [1.54, 1.807) is 7.05 Å². The van der Waals surface area contributed by atoms with Gasteiger partial charge in [-0.2, -0.15) is 0 Å². The lowest BCUT2D eigenvalue weighted by Crippen LogP contribution is -2.30. The summed E-state index contributed by atoms with van der Waals surface area (Å²) in [5.74, 6) is -0.421. The summed E-state index contributed by atoms with van der Waals surface area (Å²) >= 11 is 9.13. The number of carbonyl (C=O) groups is 1. The SMILES string of the molecule is COCCN(C)C(=O)c1cc(S(=O)(=O)Cl)cc(Br)c1Cl. The quantitative estimate of drug-likeness (QED) is 0.707. The zero-order chi connectivity index (χ0) is 15.5. The lowest BCUT2D eigenvalue weighted by atomic mass is 10.2. The minimum Gasteiger partial charge on any atom is -0.383 e. The second-order valence-corrected chi connectivity index (χ2v) is 7.72. The van der Waals surface area contributed by atoms with Gasteiger partial charge in [0.15, 0.2) is 0 Å². The van der Waals surface area contributed by atoms with Gasteiger partial charge in [0.05, 0.1) is 22.1 Å². The number of hydrogen-bond acceptors (Lipinski definition) is 4. The number of halogens is 3. The number of ether oxygens (including phenoxy) is 1. The molecule has 0 bridgehead atoms. The fourth-order valence-electron chi connectivity index (χ4n) is 1.40. The lowest BCUT2D eigenvalue weighted by Gasteiger charge is -2.18. The summed E-state index contributed by atoms with van der Waals surface area (Å²) in [7, 11) is 4.41. The number of nitrogens with zero attached hydrogens (tertiary/aromatic N) is 1. The van der Waals surface area contributed by atoms with Crippen molar-refractivity contribution >= 4 is 53.2 Å². The second-order valence-electron chi connectivity index (χ2n) is 3.92. The zero-order valence-electron chi connectivity index (χ0n) is 10.7. The van der Waals surface area contributed by atoms with Crippen LogP contribution in [0.15, 0.2) is 21.5 Å². The Kier molecular flexibility index (Phi) is 6.27. The third-order valence-electron chi connectivity index (χ3n) is 2.49. The van der Waals surface area contributed by atoms with E-state index in [4.69, 9.17) is 27.0 Å². The molecule has 0 aliphatic heterocycles. The number of benzene rings is 1. The lowest BCUT2D eigenvalue weighted by molar-refractivity contribution is 0.0744. The monoisotopic (exact) mass is 403 g/mol. The first-order valence-corrected chi connectivity index (χ1v) is 8.84. The standard InChI is InChI=1S/C11H12BrCl2NO4S/c1-15(3-4-19-2)11(16)8-5-7(20(14,17)18)6-9(12)10(8)13/h5-6H,3-4H2,1-2H3. The summed E-state index contributed by atoms with van der Waals surface area (Å²) in [6, 6.07) is 2.40. The molecule has 0 N–H and O–H groups in total. The van der Waals surface area contributed by atoms with Crippen molar-refractivity contribution in [3.8, 4) is 0 Å². The summed E-state index contributed by atoms with van der Waals surface area (Å²) in [6.45, 7) is 0.704. The Balaban J connectivity index is 3.24. The Bertz CT molecular complexity index is 621. The second kappa shape index (κ2) is 7.09. The Morgan fingerprint density at radius 1 is 1.45 bits per heavy atom. The molecule has 20 heavy (non-hydrogen) atoms. The Morgan fingerprint density at radius 2 is 2.05 bits per heavy atom. The van der Waals surface area contributed by atoms with Crippen LogP contribution >= 0.6 is 38.2 Å². The van der Waals surface area contributed by atoms with Crippen LogP contribution in [0, 0.1) is 0 Å². The summed E-state index contributed by atoms with van der Waals surface area (Å²) in [5, 5.41) is 0.128. The highest BCUT2D eigenvalue weighted by Gasteiger charge is 2.21. The zero-order valence-corrected chi connectivity index (χ0v) is 14.6. The molecule has 0 aliphatic carbocycles. The van der Waals surface area contributed by atoms with Crippen molar-refractivity contribution in [1.82, 2.24) is 4.90 Å². The van der Waals surface area contributed by atoms with Gasteiger partial charge in [-0.05, 0) is 28.1 Å². The fourth-order valence-corrected chi connectivity index (χ4v) is 2.98. The van der Waals surface area contributed by atoms with Gasteiger partial charge in [0.25, 0.3) is 15.0 Å². The minimum atomic E-state index is -3.95. The van der Waals surface area contributed by atoms with Crippen molar-refractivity contribution in [2.75, 3.05) is 27.3 Å². The molecule has 0 radical (unpaired) electrons. The maximum atomic E-state index is 12.2. The van der Waals surface area contributed by atoms with E-state index in [1.165, 1.54) is 18.1 Å². The molecule has 1 aromatic rings. The number of amides is 1. The van der Waals surface area contributed by atoms with Crippen molar-refractivity contribution in [3.05, 3.63) is 27.2 Å². The molecule has 0 unspecified atom stereocenters. The summed E-state index contributed by atoms with van der Waals surface area (Å²) < 4.78 is 27.9. The van der Waals surface area contributed by atoms with E-state index >= 15 is 0 Å². The minimum absolute atomic E-state index is 0.0545. The maximum Gasteiger partial charge on any atom is 0.261 e. The van der Waals surface area contributed by atoms with E-state index in [-0.39, 0.29) is 20.0 Å². The Labute approximate surface area is 135 Å². The molecule has 0 aromatic heterocycles. The predicted molar refractivity (Wildman–Crippen MR) is 81.0 cm³/mol. The van der Waals surface area contributed by atoms with Gasteiger partial charge in [-0.1, -0.05) is 11.6 Å². The molecule has 112 valence electrons. The van der Waals surface area contributed by atoms with Crippen molar-refractivity contribution in [1.29, 1.82) is 0 Å². The van der Waals surface area contributed by atoms with E-state index < -0.39 is 15.0 Å². The molecular formula is C11H12BrCl2NO4S. The fraction of sp³-hybridized carbons (Fsp3) is 0.364. The van der Waals surface area contributed by atoms with Crippen molar-refractivity contribution in [2.45, 2.75) is 4.90 Å². The smallest absolute Gasteiger partial charge is 0.261 e. The topological polar surface area (TPSA) is 63.7 Å². The molecule has 5 nitrogen and oxygen atoms in total. The molecule has 9 heteroatoms. The van der Waals surface area contributed by atoms with Crippen LogP contribution in [0.4, 0.5) is 0 Å². The van der Waals surface area contributed by atoms with E-state index in [0.717, 1.165) is 6.07 Å². The third kappa shape index (κ3) is 4.33. The number of likely N-dealkylation sites (N-methyl/N-ethyl adjacent to an activating group) is 1. The molecule has 0 saturated carbocycles. The third-order valence-corrected chi connectivity index (χ3v) is 5.09. The van der Waals surface area contributed by atoms with Crippen LogP contribution in [0.3, 0.4) is 0 Å². The van der Waals surface area contributed by atoms with Crippen LogP contribution in [0.1, 0.15) is 10.4 Å². The van der Waals surface area contributed by atoms with Crippen LogP contribution in [0.5, 0.6) is 0 Å². The Morgan fingerprint density at radius 3 is 2.55 bits per heavy atom. The highest BCUT2D eigenvalue weighted by molar-refractivity contribution is 9.10. The predicted octanol–water partition coefficient (Wildman–Crippen LogP) is 2.75. The van der Waals surface area contributed by atoms with Gasteiger partial charge in [0.1, 0.15) is 0 Å². The van der Waals surface area contributed by atoms with Crippen LogP contribution in [0.2, 0.25) is 5.02 Å². The average molecular weight is 405 g/mol. The number of rotatable bonds is 5. The molecule has 0 heterocycles. The average Bonchev–Trinajstić information content (AvgIpc) is 2.36. The van der Waals surface area contributed by atoms with Crippen LogP contribution in [-0.2, 0) is 13.8 Å². The first kappa shape index (κ1) is 17.7. The van der Waals surface area contributed by atoms with Crippen LogP contribution in [-0.4, -0.2) is 46.5 Å². The van der Waals surface area contributed by atoms with Gasteiger partial charge in [-0.3, -0.25) is 4.79 Å². The van der Waals surface area contributed by atoms with Crippen molar-refractivity contribution in [2.24, 2.45) is 0 Å². The van der Waals surface area contributed by atoms with Gasteiger partial charge in [-0.15, -0.1) is 0 Å². The molecule has 0 spiro atoms. The van der Waals surface area contributed by atoms with Gasteiger partial charge < -0.3 is 9.64 Å². The van der Waals surface area contributed by atoms with Gasteiger partial charge >= 0.3 is 0 Å². The molecule has 0 saturated heterocycles. The van der Waals surface area contributed by atoms with Crippen molar-refractivity contribution < 1.29 is 17.9 Å². The van der Waals surface area contributed by atoms with E-state index in [0.29, 0.717) is 13.2 Å². The van der Waals surface area contributed by atoms with Crippen molar-refractivity contribution in [3.63, 3.8) is 0 Å². The van der Waals surface area contributed by atoms with Gasteiger partial charge in [0.2, 0.25) is 0 Å². The molecule has 0 atom stereocenters. The number of carbonyl (C=O) groups excluding carboxylic acids is 1.